The largest absolute Gasteiger partial charge is 0.467 e. The van der Waals surface area contributed by atoms with Crippen LogP contribution < -0.4 is 16.0 Å². The van der Waals surface area contributed by atoms with Crippen molar-refractivity contribution in [2.24, 2.45) is 0 Å². The monoisotopic (exact) mass is 481 g/mol. The van der Waals surface area contributed by atoms with Crippen LogP contribution in [0.4, 0.5) is 4.79 Å². The van der Waals surface area contributed by atoms with Crippen molar-refractivity contribution in [3.05, 3.63) is 35.9 Å². The Balaban J connectivity index is 3.00. The van der Waals surface area contributed by atoms with Crippen molar-refractivity contribution in [3.63, 3.8) is 0 Å². The van der Waals surface area contributed by atoms with E-state index in [1.807, 2.05) is 36.6 Å². The number of hydrogen-bond acceptors (Lipinski definition) is 7. The highest BCUT2D eigenvalue weighted by molar-refractivity contribution is 7.98. The van der Waals surface area contributed by atoms with Crippen LogP contribution in [0.3, 0.4) is 0 Å². The third kappa shape index (κ3) is 11.1. The fraction of sp³-hybridized carbons (Fsp3) is 0.565. The van der Waals surface area contributed by atoms with Crippen LogP contribution in [-0.4, -0.2) is 66.7 Å². The van der Waals surface area contributed by atoms with E-state index in [1.54, 1.807) is 20.8 Å². The van der Waals surface area contributed by atoms with E-state index in [0.29, 0.717) is 12.2 Å². The minimum Gasteiger partial charge on any atom is -0.467 e. The van der Waals surface area contributed by atoms with E-state index in [-0.39, 0.29) is 6.42 Å². The third-order valence-corrected chi connectivity index (χ3v) is 5.09. The Kier molecular flexibility index (Phi) is 11.8. The van der Waals surface area contributed by atoms with Gasteiger partial charge in [0.25, 0.3) is 0 Å². The Hall–Kier alpha value is -2.75. The van der Waals surface area contributed by atoms with E-state index in [4.69, 9.17) is 4.74 Å². The molecule has 0 saturated carbocycles. The number of benzene rings is 1. The number of methoxy groups -OCH3 is 1. The molecule has 184 valence electrons. The molecule has 9 nitrogen and oxygen atoms in total. The van der Waals surface area contributed by atoms with E-state index < -0.39 is 47.6 Å². The zero-order valence-electron chi connectivity index (χ0n) is 20.1. The number of thioether (sulfide) groups is 1. The Morgan fingerprint density at radius 3 is 2.12 bits per heavy atom. The molecule has 0 spiro atoms. The van der Waals surface area contributed by atoms with Gasteiger partial charge in [-0.1, -0.05) is 30.3 Å². The van der Waals surface area contributed by atoms with Crippen LogP contribution >= 0.6 is 11.8 Å². The standard InChI is InChI=1S/C23H35N3O6S/c1-15(21(29)31-5)24-19(27)17(12-13-33-6)25-20(28)18(14-16-10-8-7-9-11-16)26-22(30)32-23(2,3)4/h7-11,15,17-18H,12-14H2,1-6H3,(H,24,27)(H,25,28)(H,26,30)/t15-,17-,18+/m0/s1. The highest BCUT2D eigenvalue weighted by Gasteiger charge is 2.29. The summed E-state index contributed by atoms with van der Waals surface area (Å²) < 4.78 is 9.94. The summed E-state index contributed by atoms with van der Waals surface area (Å²) in [6.45, 7) is 6.68. The number of carbonyl (C=O) groups excluding carboxylic acids is 4. The molecule has 0 heterocycles. The van der Waals surface area contributed by atoms with Crippen molar-refractivity contribution < 1.29 is 28.7 Å². The maximum absolute atomic E-state index is 13.1. The molecule has 3 N–H and O–H groups in total. The number of hydrogen-bond donors (Lipinski definition) is 3. The van der Waals surface area contributed by atoms with Gasteiger partial charge in [0.1, 0.15) is 23.7 Å². The molecule has 1 aromatic rings. The van der Waals surface area contributed by atoms with Crippen molar-refractivity contribution in [2.45, 2.75) is 64.3 Å². The number of rotatable bonds is 11. The van der Waals surface area contributed by atoms with Crippen LogP contribution in [-0.2, 0) is 30.3 Å². The molecule has 0 bridgehead atoms. The van der Waals surface area contributed by atoms with Crippen LogP contribution in [0.5, 0.6) is 0 Å². The summed E-state index contributed by atoms with van der Waals surface area (Å²) >= 11 is 1.52. The van der Waals surface area contributed by atoms with Gasteiger partial charge in [-0.25, -0.2) is 9.59 Å². The zero-order chi connectivity index (χ0) is 25.0. The quantitative estimate of drug-likeness (QED) is 0.413. The summed E-state index contributed by atoms with van der Waals surface area (Å²) in [5.41, 5.74) is 0.0981. The van der Waals surface area contributed by atoms with Crippen LogP contribution in [0.15, 0.2) is 30.3 Å². The van der Waals surface area contributed by atoms with E-state index >= 15 is 0 Å². The second-order valence-electron chi connectivity index (χ2n) is 8.48. The SMILES string of the molecule is COC(=O)[C@H](C)NC(=O)[C@H](CCSC)NC(=O)[C@@H](Cc1ccccc1)NC(=O)OC(C)(C)C. The molecule has 0 unspecified atom stereocenters. The molecule has 0 aliphatic rings. The van der Waals surface area contributed by atoms with Gasteiger partial charge in [0, 0.05) is 6.42 Å². The Bertz CT molecular complexity index is 797. The van der Waals surface area contributed by atoms with E-state index in [2.05, 4.69) is 20.7 Å². The van der Waals surface area contributed by atoms with Gasteiger partial charge in [-0.2, -0.15) is 11.8 Å². The fourth-order valence-electron chi connectivity index (χ4n) is 2.84. The Morgan fingerprint density at radius 2 is 1.58 bits per heavy atom. The molecule has 0 radical (unpaired) electrons. The fourth-order valence-corrected chi connectivity index (χ4v) is 3.31. The van der Waals surface area contributed by atoms with Gasteiger partial charge < -0.3 is 25.4 Å². The minimum absolute atomic E-state index is 0.210. The highest BCUT2D eigenvalue weighted by Crippen LogP contribution is 2.10. The molecular formula is C23H35N3O6S. The van der Waals surface area contributed by atoms with Gasteiger partial charge >= 0.3 is 12.1 Å². The molecule has 0 aromatic heterocycles. The van der Waals surface area contributed by atoms with E-state index in [9.17, 15) is 19.2 Å². The van der Waals surface area contributed by atoms with Gasteiger partial charge in [-0.3, -0.25) is 9.59 Å². The molecule has 33 heavy (non-hydrogen) atoms. The lowest BCUT2D eigenvalue weighted by Gasteiger charge is -2.25. The van der Waals surface area contributed by atoms with Crippen molar-refractivity contribution >= 4 is 35.6 Å². The first-order chi connectivity index (χ1) is 15.5. The van der Waals surface area contributed by atoms with Gasteiger partial charge in [-0.05, 0) is 51.7 Å². The first-order valence-corrected chi connectivity index (χ1v) is 12.1. The lowest BCUT2D eigenvalue weighted by Crippen LogP contribution is -2.56. The van der Waals surface area contributed by atoms with Crippen LogP contribution in [0.2, 0.25) is 0 Å². The van der Waals surface area contributed by atoms with Crippen molar-refractivity contribution in [2.75, 3.05) is 19.1 Å². The predicted octanol–water partition coefficient (Wildman–Crippen LogP) is 2.04. The summed E-state index contributed by atoms with van der Waals surface area (Å²) in [5.74, 6) is -1.03. The lowest BCUT2D eigenvalue weighted by atomic mass is 10.0. The molecule has 0 fully saturated rings. The second-order valence-corrected chi connectivity index (χ2v) is 9.47. The van der Waals surface area contributed by atoms with Gasteiger partial charge in [0.15, 0.2) is 0 Å². The van der Waals surface area contributed by atoms with Crippen LogP contribution in [0.1, 0.15) is 39.7 Å². The number of ether oxygens (including phenoxy) is 2. The molecule has 1 rings (SSSR count). The van der Waals surface area contributed by atoms with Gasteiger partial charge in [0.2, 0.25) is 11.8 Å². The minimum atomic E-state index is -0.968. The number of alkyl carbamates (subject to hydrolysis) is 1. The third-order valence-electron chi connectivity index (χ3n) is 4.45. The second kappa shape index (κ2) is 13.7. The van der Waals surface area contributed by atoms with Crippen molar-refractivity contribution in [1.82, 2.24) is 16.0 Å². The maximum atomic E-state index is 13.1. The molecule has 10 heteroatoms. The van der Waals surface area contributed by atoms with Gasteiger partial charge in [-0.15, -0.1) is 0 Å². The van der Waals surface area contributed by atoms with E-state index in [1.165, 1.54) is 25.8 Å². The summed E-state index contributed by atoms with van der Waals surface area (Å²) in [7, 11) is 1.23. The highest BCUT2D eigenvalue weighted by atomic mass is 32.2. The molecule has 3 atom stereocenters. The number of nitrogens with one attached hydrogen (secondary N) is 3. The van der Waals surface area contributed by atoms with Crippen molar-refractivity contribution in [1.29, 1.82) is 0 Å². The molecule has 1 aromatic carbocycles. The normalized spacial score (nSPS) is 13.8. The molecule has 0 aliphatic carbocycles. The maximum Gasteiger partial charge on any atom is 0.408 e. The van der Waals surface area contributed by atoms with Crippen LogP contribution in [0.25, 0.3) is 0 Å². The summed E-state index contributed by atoms with van der Waals surface area (Å²) in [5, 5.41) is 7.88. The summed E-state index contributed by atoms with van der Waals surface area (Å²) in [6.07, 6.45) is 1.71. The number of esters is 1. The number of carbonyl (C=O) groups is 4. The van der Waals surface area contributed by atoms with E-state index in [0.717, 1.165) is 5.56 Å². The average Bonchev–Trinajstić information content (AvgIpc) is 2.74. The van der Waals surface area contributed by atoms with Crippen molar-refractivity contribution in [3.8, 4) is 0 Å². The summed E-state index contributed by atoms with van der Waals surface area (Å²) in [4.78, 5) is 49.9. The van der Waals surface area contributed by atoms with Gasteiger partial charge in [0.05, 0.1) is 7.11 Å². The molecule has 0 aliphatic heterocycles. The Labute approximate surface area is 199 Å². The number of amides is 3. The smallest absolute Gasteiger partial charge is 0.408 e. The lowest BCUT2D eigenvalue weighted by molar-refractivity contribution is -0.144. The summed E-state index contributed by atoms with van der Waals surface area (Å²) in [6, 6.07) is 6.48. The average molecular weight is 482 g/mol. The molecule has 3 amide bonds. The molecule has 0 saturated heterocycles. The first kappa shape index (κ1) is 28.3. The Morgan fingerprint density at radius 1 is 0.970 bits per heavy atom. The predicted molar refractivity (Wildman–Crippen MR) is 128 cm³/mol. The zero-order valence-corrected chi connectivity index (χ0v) is 20.9. The molecular weight excluding hydrogens is 446 g/mol. The topological polar surface area (TPSA) is 123 Å². The first-order valence-electron chi connectivity index (χ1n) is 10.7. The van der Waals surface area contributed by atoms with Crippen LogP contribution in [0, 0.1) is 0 Å².